The van der Waals surface area contributed by atoms with Crippen LogP contribution >= 0.6 is 0 Å². The van der Waals surface area contributed by atoms with E-state index in [0.29, 0.717) is 74.2 Å². The molecular formula is C40H32O12. The van der Waals surface area contributed by atoms with Gasteiger partial charge in [0.2, 0.25) is 0 Å². The summed E-state index contributed by atoms with van der Waals surface area (Å²) in [6, 6.07) is 27.8. The molecule has 8 rings (SSSR count). The van der Waals surface area contributed by atoms with Crippen LogP contribution in [-0.2, 0) is 19.1 Å². The predicted molar refractivity (Wildman–Crippen MR) is 189 cm³/mol. The highest BCUT2D eigenvalue weighted by molar-refractivity contribution is 5.80. The van der Waals surface area contributed by atoms with Crippen molar-refractivity contribution in [3.05, 3.63) is 118 Å². The van der Waals surface area contributed by atoms with Gasteiger partial charge in [-0.2, -0.15) is 0 Å². The van der Waals surface area contributed by atoms with Crippen molar-refractivity contribution in [3.8, 4) is 45.6 Å². The molecule has 264 valence electrons. The summed E-state index contributed by atoms with van der Waals surface area (Å²) in [5, 5.41) is 1.08. The molecule has 0 fully saturated rings. The Morgan fingerprint density at radius 3 is 1.58 bits per heavy atom. The van der Waals surface area contributed by atoms with Crippen LogP contribution in [-0.4, -0.2) is 50.6 Å². The van der Waals surface area contributed by atoms with Crippen molar-refractivity contribution >= 4 is 33.9 Å². The number of hydrogen-bond donors (Lipinski definition) is 0. The van der Waals surface area contributed by atoms with Gasteiger partial charge in [0.1, 0.15) is 49.1 Å². The molecular weight excluding hydrogens is 672 g/mol. The fraction of sp³-hybridized carbons (Fsp3) is 0.200. The second kappa shape index (κ2) is 14.7. The number of carbonyl (C=O) groups excluding carboxylic acids is 2. The molecule has 6 aromatic rings. The maximum Gasteiger partial charge on any atom is 0.302 e. The molecule has 0 amide bonds. The lowest BCUT2D eigenvalue weighted by Gasteiger charge is -2.26. The Kier molecular flexibility index (Phi) is 9.61. The van der Waals surface area contributed by atoms with E-state index in [4.69, 9.17) is 37.3 Å². The normalized spacial score (nSPS) is 15.7. The van der Waals surface area contributed by atoms with Crippen molar-refractivity contribution in [3.63, 3.8) is 0 Å². The monoisotopic (exact) mass is 704 g/mol. The van der Waals surface area contributed by atoms with Crippen molar-refractivity contribution in [2.45, 2.75) is 26.1 Å². The summed E-state index contributed by atoms with van der Waals surface area (Å²) in [5.74, 6) is 2.40. The minimum atomic E-state index is -0.384. The first kappa shape index (κ1) is 33.9. The van der Waals surface area contributed by atoms with Crippen LogP contribution in [0.1, 0.15) is 13.8 Å². The second-order valence-electron chi connectivity index (χ2n) is 12.0. The number of carbonyl (C=O) groups is 2. The minimum Gasteiger partial charge on any atom is -0.486 e. The molecule has 4 aromatic carbocycles. The molecule has 0 bridgehead atoms. The fourth-order valence-corrected chi connectivity index (χ4v) is 5.61. The highest BCUT2D eigenvalue weighted by Crippen LogP contribution is 2.37. The number of ether oxygens (including phenoxy) is 6. The zero-order valence-electron chi connectivity index (χ0n) is 28.1. The van der Waals surface area contributed by atoms with Crippen molar-refractivity contribution in [2.75, 3.05) is 26.4 Å². The van der Waals surface area contributed by atoms with Gasteiger partial charge in [-0.15, -0.1) is 0 Å². The van der Waals surface area contributed by atoms with Crippen LogP contribution in [0.2, 0.25) is 0 Å². The number of para-hydroxylation sites is 2. The summed E-state index contributed by atoms with van der Waals surface area (Å²) in [5.41, 5.74) is 2.27. The zero-order chi connectivity index (χ0) is 36.2. The first-order valence-electron chi connectivity index (χ1n) is 16.4. The van der Waals surface area contributed by atoms with Crippen molar-refractivity contribution < 1.29 is 46.8 Å². The Hall–Kier alpha value is -6.56. The number of fused-ring (bicyclic) bond motifs is 4. The third kappa shape index (κ3) is 7.60. The summed E-state index contributed by atoms with van der Waals surface area (Å²) < 4.78 is 44.6. The summed E-state index contributed by atoms with van der Waals surface area (Å²) in [4.78, 5) is 46.4. The second-order valence-corrected chi connectivity index (χ2v) is 12.0. The molecule has 0 aliphatic carbocycles. The van der Waals surface area contributed by atoms with Crippen molar-refractivity contribution in [1.82, 2.24) is 0 Å². The molecule has 2 aliphatic rings. The van der Waals surface area contributed by atoms with Crippen LogP contribution in [0.15, 0.2) is 115 Å². The first-order valence-corrected chi connectivity index (χ1v) is 16.4. The van der Waals surface area contributed by atoms with Gasteiger partial charge in [-0.05, 0) is 60.7 Å². The molecule has 2 aliphatic heterocycles. The van der Waals surface area contributed by atoms with Crippen molar-refractivity contribution in [1.29, 1.82) is 0 Å². The summed E-state index contributed by atoms with van der Waals surface area (Å²) in [6.07, 6.45) is -0.735. The van der Waals surface area contributed by atoms with E-state index >= 15 is 0 Å². The molecule has 0 saturated heterocycles. The van der Waals surface area contributed by atoms with E-state index in [1.807, 2.05) is 18.2 Å². The van der Waals surface area contributed by atoms with Crippen LogP contribution < -0.4 is 29.8 Å². The van der Waals surface area contributed by atoms with Gasteiger partial charge in [-0.25, -0.2) is 0 Å². The SMILES string of the molecule is CC(=O)OCC1COc2cc(-c3cc(=O)c4ccccc4o3)ccc2O1.CC(=O)OCC1COc2ccc(-c3cc(=O)c4ccccc4o3)cc2O1. The smallest absolute Gasteiger partial charge is 0.302 e. The maximum absolute atomic E-state index is 12.3. The third-order valence-corrected chi connectivity index (χ3v) is 8.11. The molecule has 2 atom stereocenters. The molecule has 52 heavy (non-hydrogen) atoms. The number of esters is 2. The molecule has 12 heteroatoms. The summed E-state index contributed by atoms with van der Waals surface area (Å²) >= 11 is 0. The number of hydrogen-bond acceptors (Lipinski definition) is 12. The Bertz CT molecular complexity index is 2410. The fourth-order valence-electron chi connectivity index (χ4n) is 5.61. The van der Waals surface area contributed by atoms with Gasteiger partial charge >= 0.3 is 11.9 Å². The highest BCUT2D eigenvalue weighted by atomic mass is 16.6. The van der Waals surface area contributed by atoms with Gasteiger partial charge in [0, 0.05) is 37.1 Å². The highest BCUT2D eigenvalue weighted by Gasteiger charge is 2.24. The van der Waals surface area contributed by atoms with Gasteiger partial charge < -0.3 is 37.3 Å². The Labute approximate surface area is 296 Å². The molecule has 0 N–H and O–H groups in total. The predicted octanol–water partition coefficient (Wildman–Crippen LogP) is 6.33. The van der Waals surface area contributed by atoms with Gasteiger partial charge in [-0.1, -0.05) is 24.3 Å². The van der Waals surface area contributed by atoms with Gasteiger partial charge in [0.05, 0.1) is 10.8 Å². The Morgan fingerprint density at radius 2 is 1.04 bits per heavy atom. The van der Waals surface area contributed by atoms with E-state index in [1.54, 1.807) is 66.7 Å². The van der Waals surface area contributed by atoms with E-state index in [0.717, 1.165) is 0 Å². The third-order valence-electron chi connectivity index (χ3n) is 8.11. The van der Waals surface area contributed by atoms with Gasteiger partial charge in [-0.3, -0.25) is 19.2 Å². The van der Waals surface area contributed by atoms with E-state index < -0.39 is 0 Å². The maximum atomic E-state index is 12.3. The van der Waals surface area contributed by atoms with Crippen LogP contribution in [0.25, 0.3) is 44.6 Å². The average Bonchev–Trinajstić information content (AvgIpc) is 3.16. The summed E-state index contributed by atoms with van der Waals surface area (Å²) in [6.45, 7) is 3.51. The summed E-state index contributed by atoms with van der Waals surface area (Å²) in [7, 11) is 0. The molecule has 4 heterocycles. The molecule has 0 spiro atoms. The van der Waals surface area contributed by atoms with E-state index in [-0.39, 0.29) is 54.8 Å². The van der Waals surface area contributed by atoms with E-state index in [9.17, 15) is 19.2 Å². The number of rotatable bonds is 6. The van der Waals surface area contributed by atoms with Crippen LogP contribution in [0.3, 0.4) is 0 Å². The van der Waals surface area contributed by atoms with Gasteiger partial charge in [0.25, 0.3) is 0 Å². The lowest BCUT2D eigenvalue weighted by Crippen LogP contribution is -2.34. The minimum absolute atomic E-state index is 0.0989. The van der Waals surface area contributed by atoms with Crippen molar-refractivity contribution in [2.24, 2.45) is 0 Å². The van der Waals surface area contributed by atoms with Crippen LogP contribution in [0.5, 0.6) is 23.0 Å². The molecule has 12 nitrogen and oxygen atoms in total. The van der Waals surface area contributed by atoms with Gasteiger partial charge in [0.15, 0.2) is 46.1 Å². The molecule has 2 aromatic heterocycles. The quantitative estimate of drug-likeness (QED) is 0.178. The topological polar surface area (TPSA) is 150 Å². The van der Waals surface area contributed by atoms with E-state index in [1.165, 1.54) is 26.0 Å². The van der Waals surface area contributed by atoms with Crippen LogP contribution in [0.4, 0.5) is 0 Å². The Balaban J connectivity index is 0.000000162. The molecule has 0 saturated carbocycles. The lowest BCUT2D eigenvalue weighted by molar-refractivity contribution is -0.145. The molecule has 0 radical (unpaired) electrons. The first-order chi connectivity index (χ1) is 25.2. The average molecular weight is 705 g/mol. The largest absolute Gasteiger partial charge is 0.486 e. The van der Waals surface area contributed by atoms with E-state index in [2.05, 4.69) is 0 Å². The lowest BCUT2D eigenvalue weighted by atomic mass is 10.1. The standard InChI is InChI=1S/2C20H16O6/c1-12(21)23-10-14-11-24-20-8-13(6-7-18(20)25-14)19-9-16(22)15-4-2-3-5-17(15)26-19;1-12(21)23-10-14-11-24-18-7-6-13(8-20(18)25-14)19-9-16(22)15-4-2-3-5-17(15)26-19/h2*2-9,14H,10-11H2,1H3. The zero-order valence-corrected chi connectivity index (χ0v) is 28.1. The Morgan fingerprint density at radius 1 is 0.577 bits per heavy atom. The molecule has 2 unspecified atom stereocenters. The number of benzene rings is 4. The van der Waals surface area contributed by atoms with Crippen LogP contribution in [0, 0.1) is 0 Å².